The molecule has 2 aromatic rings. The molecule has 2 N–H and O–H groups in total. The zero-order valence-corrected chi connectivity index (χ0v) is 15.2. The van der Waals surface area contributed by atoms with Gasteiger partial charge in [-0.2, -0.15) is 0 Å². The Labute approximate surface area is 152 Å². The molecule has 0 aliphatic carbocycles. The molecule has 0 aliphatic heterocycles. The molecular weight excluding hydrogens is 337 g/mol. The Kier molecular flexibility index (Phi) is 7.08. The van der Waals surface area contributed by atoms with Gasteiger partial charge in [0.25, 0.3) is 0 Å². The zero-order chi connectivity index (χ0) is 18.9. The number of aromatic hydroxyl groups is 1. The third kappa shape index (κ3) is 5.54. The minimum absolute atomic E-state index is 0.191. The van der Waals surface area contributed by atoms with Crippen molar-refractivity contribution in [3.05, 3.63) is 53.8 Å². The number of hydrogen-bond acceptors (Lipinski definition) is 4. The lowest BCUT2D eigenvalue weighted by Crippen LogP contribution is -2.40. The molecular formula is C19H24FN3O3. The van der Waals surface area contributed by atoms with Gasteiger partial charge in [0.15, 0.2) is 5.96 Å². The van der Waals surface area contributed by atoms with E-state index in [1.165, 1.54) is 12.1 Å². The maximum absolute atomic E-state index is 12.9. The first-order valence-corrected chi connectivity index (χ1v) is 8.19. The number of nitrogens with one attached hydrogen (secondary N) is 1. The predicted molar refractivity (Wildman–Crippen MR) is 99.4 cm³/mol. The highest BCUT2D eigenvalue weighted by Gasteiger charge is 2.09. The van der Waals surface area contributed by atoms with Gasteiger partial charge >= 0.3 is 0 Å². The van der Waals surface area contributed by atoms with Crippen LogP contribution in [-0.4, -0.2) is 50.3 Å². The van der Waals surface area contributed by atoms with E-state index in [0.29, 0.717) is 42.7 Å². The fraction of sp³-hybridized carbons (Fsp3) is 0.316. The maximum Gasteiger partial charge on any atom is 0.193 e. The molecule has 0 saturated heterocycles. The summed E-state index contributed by atoms with van der Waals surface area (Å²) < 4.78 is 23.6. The van der Waals surface area contributed by atoms with E-state index in [1.54, 1.807) is 44.5 Å². The van der Waals surface area contributed by atoms with Crippen LogP contribution in [0.3, 0.4) is 0 Å². The molecule has 0 saturated carbocycles. The second-order valence-electron chi connectivity index (χ2n) is 5.62. The molecule has 2 aromatic carbocycles. The normalized spacial score (nSPS) is 11.2. The Balaban J connectivity index is 1.84. The number of phenols is 1. The van der Waals surface area contributed by atoms with Crippen LogP contribution in [0.1, 0.15) is 5.56 Å². The number of aliphatic imine (C=N–C) groups is 1. The SMILES string of the molecule is CN=C(NCc1cc(OC)ccc1O)N(C)CCOc1ccc(F)cc1. The van der Waals surface area contributed by atoms with Crippen LogP contribution < -0.4 is 14.8 Å². The first-order chi connectivity index (χ1) is 12.5. The van der Waals surface area contributed by atoms with E-state index in [0.717, 1.165) is 0 Å². The quantitative estimate of drug-likeness (QED) is 0.586. The molecule has 0 heterocycles. The van der Waals surface area contributed by atoms with Crippen LogP contribution in [0, 0.1) is 5.82 Å². The highest BCUT2D eigenvalue weighted by atomic mass is 19.1. The molecule has 0 amide bonds. The number of ether oxygens (including phenoxy) is 2. The number of phenolic OH excluding ortho intramolecular Hbond substituents is 1. The molecule has 0 aliphatic rings. The number of hydrogen-bond donors (Lipinski definition) is 2. The van der Waals surface area contributed by atoms with Crippen molar-refractivity contribution in [2.45, 2.75) is 6.54 Å². The number of likely N-dealkylation sites (N-methyl/N-ethyl adjacent to an activating group) is 1. The average molecular weight is 361 g/mol. The summed E-state index contributed by atoms with van der Waals surface area (Å²) in [5.41, 5.74) is 0.710. The van der Waals surface area contributed by atoms with E-state index < -0.39 is 0 Å². The summed E-state index contributed by atoms with van der Waals surface area (Å²) in [5, 5.41) is 13.1. The van der Waals surface area contributed by atoms with Gasteiger partial charge in [0.2, 0.25) is 0 Å². The smallest absolute Gasteiger partial charge is 0.193 e. The Morgan fingerprint density at radius 3 is 2.54 bits per heavy atom. The third-order valence-corrected chi connectivity index (χ3v) is 3.81. The van der Waals surface area contributed by atoms with Crippen LogP contribution in [0.25, 0.3) is 0 Å². The molecule has 0 aromatic heterocycles. The van der Waals surface area contributed by atoms with Crippen molar-refractivity contribution in [3.63, 3.8) is 0 Å². The molecule has 26 heavy (non-hydrogen) atoms. The first-order valence-electron chi connectivity index (χ1n) is 8.19. The standard InChI is InChI=1S/C19H24FN3O3/c1-21-19(22-13-14-12-17(25-3)8-9-18(14)24)23(2)10-11-26-16-6-4-15(20)5-7-16/h4-9,12,24H,10-11,13H2,1-3H3,(H,21,22). The summed E-state index contributed by atoms with van der Waals surface area (Å²) in [6.45, 7) is 1.41. The number of halogens is 1. The Hall–Kier alpha value is -2.96. The van der Waals surface area contributed by atoms with E-state index in [2.05, 4.69) is 10.3 Å². The molecule has 0 radical (unpaired) electrons. The molecule has 0 atom stereocenters. The molecule has 0 unspecified atom stereocenters. The fourth-order valence-electron chi connectivity index (χ4n) is 2.33. The average Bonchev–Trinajstić information content (AvgIpc) is 2.65. The number of guanidine groups is 1. The highest BCUT2D eigenvalue weighted by Crippen LogP contribution is 2.22. The van der Waals surface area contributed by atoms with Gasteiger partial charge in [-0.3, -0.25) is 4.99 Å². The predicted octanol–water partition coefficient (Wildman–Crippen LogP) is 2.63. The van der Waals surface area contributed by atoms with Crippen LogP contribution >= 0.6 is 0 Å². The number of rotatable bonds is 7. The van der Waals surface area contributed by atoms with Gasteiger partial charge in [0, 0.05) is 26.2 Å². The second-order valence-corrected chi connectivity index (χ2v) is 5.62. The first kappa shape index (κ1) is 19.4. The van der Waals surface area contributed by atoms with Crippen molar-refractivity contribution in [1.29, 1.82) is 0 Å². The maximum atomic E-state index is 12.9. The summed E-state index contributed by atoms with van der Waals surface area (Å²) in [7, 11) is 5.15. The minimum atomic E-state index is -0.292. The van der Waals surface area contributed by atoms with Crippen LogP contribution in [0.15, 0.2) is 47.5 Å². The van der Waals surface area contributed by atoms with Crippen molar-refractivity contribution in [2.24, 2.45) is 4.99 Å². The largest absolute Gasteiger partial charge is 0.508 e. The summed E-state index contributed by atoms with van der Waals surface area (Å²) in [5.74, 6) is 1.85. The third-order valence-electron chi connectivity index (χ3n) is 3.81. The number of methoxy groups -OCH3 is 1. The van der Waals surface area contributed by atoms with E-state index >= 15 is 0 Å². The second kappa shape index (κ2) is 9.50. The highest BCUT2D eigenvalue weighted by molar-refractivity contribution is 5.79. The number of benzene rings is 2. The van der Waals surface area contributed by atoms with E-state index in [4.69, 9.17) is 9.47 Å². The summed E-state index contributed by atoms with van der Waals surface area (Å²) >= 11 is 0. The van der Waals surface area contributed by atoms with Gasteiger partial charge in [-0.15, -0.1) is 0 Å². The lowest BCUT2D eigenvalue weighted by Gasteiger charge is -2.22. The van der Waals surface area contributed by atoms with Gasteiger partial charge in [-0.25, -0.2) is 4.39 Å². The van der Waals surface area contributed by atoms with Crippen molar-refractivity contribution in [1.82, 2.24) is 10.2 Å². The lowest BCUT2D eigenvalue weighted by molar-refractivity contribution is 0.281. The fourth-order valence-corrected chi connectivity index (χ4v) is 2.33. The zero-order valence-electron chi connectivity index (χ0n) is 15.2. The summed E-state index contributed by atoms with van der Waals surface area (Å²) in [6, 6.07) is 11.0. The molecule has 140 valence electrons. The topological polar surface area (TPSA) is 66.3 Å². The van der Waals surface area contributed by atoms with Gasteiger partial charge in [0.1, 0.15) is 29.7 Å². The van der Waals surface area contributed by atoms with E-state index in [9.17, 15) is 9.50 Å². The van der Waals surface area contributed by atoms with E-state index in [1.807, 2.05) is 11.9 Å². The Morgan fingerprint density at radius 2 is 1.88 bits per heavy atom. The summed E-state index contributed by atoms with van der Waals surface area (Å²) in [6.07, 6.45) is 0. The molecule has 7 heteroatoms. The molecule has 6 nitrogen and oxygen atoms in total. The van der Waals surface area contributed by atoms with Crippen LogP contribution in [0.4, 0.5) is 4.39 Å². The lowest BCUT2D eigenvalue weighted by atomic mass is 10.2. The Bertz CT molecular complexity index is 735. The van der Waals surface area contributed by atoms with Crippen LogP contribution in [-0.2, 0) is 6.54 Å². The van der Waals surface area contributed by atoms with E-state index in [-0.39, 0.29) is 11.6 Å². The molecule has 2 rings (SSSR count). The van der Waals surface area contributed by atoms with Crippen molar-refractivity contribution >= 4 is 5.96 Å². The van der Waals surface area contributed by atoms with Crippen LogP contribution in [0.2, 0.25) is 0 Å². The van der Waals surface area contributed by atoms with Gasteiger partial charge in [0.05, 0.1) is 13.7 Å². The molecule has 0 bridgehead atoms. The monoisotopic (exact) mass is 361 g/mol. The Morgan fingerprint density at radius 1 is 1.19 bits per heavy atom. The summed E-state index contributed by atoms with van der Waals surface area (Å²) in [4.78, 5) is 6.13. The number of nitrogens with zero attached hydrogens (tertiary/aromatic N) is 2. The van der Waals surface area contributed by atoms with Crippen molar-refractivity contribution in [2.75, 3.05) is 34.4 Å². The van der Waals surface area contributed by atoms with Crippen molar-refractivity contribution < 1.29 is 19.0 Å². The van der Waals surface area contributed by atoms with Gasteiger partial charge in [-0.05, 0) is 42.5 Å². The van der Waals surface area contributed by atoms with Gasteiger partial charge < -0.3 is 24.8 Å². The van der Waals surface area contributed by atoms with Gasteiger partial charge in [-0.1, -0.05) is 0 Å². The van der Waals surface area contributed by atoms with Crippen LogP contribution in [0.5, 0.6) is 17.2 Å². The molecule has 0 fully saturated rings. The molecule has 0 spiro atoms. The minimum Gasteiger partial charge on any atom is -0.508 e. The van der Waals surface area contributed by atoms with Crippen molar-refractivity contribution in [3.8, 4) is 17.2 Å².